The van der Waals surface area contributed by atoms with Crippen LogP contribution in [-0.4, -0.2) is 52.7 Å². The summed E-state index contributed by atoms with van der Waals surface area (Å²) >= 11 is 0. The van der Waals surface area contributed by atoms with E-state index in [2.05, 4.69) is 10.1 Å². The Balaban J connectivity index is 1.37. The third kappa shape index (κ3) is 4.90. The summed E-state index contributed by atoms with van der Waals surface area (Å²) in [5.41, 5.74) is 0.520. The van der Waals surface area contributed by atoms with E-state index in [1.807, 2.05) is 37.0 Å². The number of hydrogen-bond donors (Lipinski definition) is 1. The summed E-state index contributed by atoms with van der Waals surface area (Å²) in [6.45, 7) is 9.57. The van der Waals surface area contributed by atoms with Gasteiger partial charge in [-0.05, 0) is 76.2 Å². The highest BCUT2D eigenvalue weighted by Gasteiger charge is 2.66. The summed E-state index contributed by atoms with van der Waals surface area (Å²) < 4.78 is 33.6. The minimum Gasteiger partial charge on any atom is -0.465 e. The minimum atomic E-state index is -3.19. The number of amides is 1. The smallest absolute Gasteiger partial charge is 0.417 e. The second-order valence-electron chi connectivity index (χ2n) is 9.38. The Hall–Kier alpha value is -2.87. The molecule has 0 aromatic heterocycles. The molecule has 1 N–H and O–H groups in total. The average molecular weight is 473 g/mol. The molecule has 4 rings (SSSR count). The van der Waals surface area contributed by atoms with Gasteiger partial charge in [-0.15, -0.1) is 0 Å². The lowest BCUT2D eigenvalue weighted by Crippen LogP contribution is -2.19. The van der Waals surface area contributed by atoms with Crippen molar-refractivity contribution in [3.63, 3.8) is 0 Å². The molecule has 2 saturated heterocycles. The Labute approximate surface area is 193 Å². The molecule has 2 atom stereocenters. The van der Waals surface area contributed by atoms with Gasteiger partial charge in [-0.1, -0.05) is 0 Å². The number of carbonyl (C=O) groups is 2. The molecule has 176 valence electrons. The number of ether oxygens (including phenoxy) is 2. The summed E-state index contributed by atoms with van der Waals surface area (Å²) in [6, 6.07) is 12.7. The number of carbonyl (C=O) groups excluding carboxylic acids is 2. The van der Waals surface area contributed by atoms with Crippen LogP contribution in [0.5, 0.6) is 11.5 Å². The highest BCUT2D eigenvalue weighted by molar-refractivity contribution is 7.55. The first-order valence-corrected chi connectivity index (χ1v) is 12.1. The van der Waals surface area contributed by atoms with Crippen LogP contribution in [0.25, 0.3) is 0 Å². The highest BCUT2D eigenvalue weighted by Crippen LogP contribution is 2.69. The van der Waals surface area contributed by atoms with E-state index in [0.717, 1.165) is 0 Å². The van der Waals surface area contributed by atoms with Crippen LogP contribution in [0.15, 0.2) is 48.5 Å². The Kier molecular flexibility index (Phi) is 5.76. The zero-order valence-electron chi connectivity index (χ0n) is 19.3. The lowest BCUT2D eigenvalue weighted by molar-refractivity contribution is 0.0600. The van der Waals surface area contributed by atoms with Gasteiger partial charge >= 0.3 is 19.7 Å². The average Bonchev–Trinajstić information content (AvgIpc) is 3.62. The van der Waals surface area contributed by atoms with E-state index in [-0.39, 0.29) is 11.1 Å². The van der Waals surface area contributed by atoms with Crippen molar-refractivity contribution in [1.82, 2.24) is 9.34 Å². The lowest BCUT2D eigenvalue weighted by atomic mass is 10.2. The number of benzene rings is 2. The molecule has 0 aliphatic carbocycles. The van der Waals surface area contributed by atoms with Crippen LogP contribution in [0.4, 0.5) is 10.5 Å². The summed E-state index contributed by atoms with van der Waals surface area (Å²) in [7, 11) is -1.89. The van der Waals surface area contributed by atoms with Crippen molar-refractivity contribution in [3.05, 3.63) is 54.1 Å². The van der Waals surface area contributed by atoms with Crippen LogP contribution in [0.1, 0.15) is 38.1 Å². The Morgan fingerprint density at radius 1 is 0.879 bits per heavy atom. The number of esters is 1. The van der Waals surface area contributed by atoms with E-state index in [1.54, 1.807) is 48.5 Å². The number of nitrogens with one attached hydrogen (secondary N) is 1. The molecule has 0 bridgehead atoms. The van der Waals surface area contributed by atoms with Crippen molar-refractivity contribution in [1.29, 1.82) is 0 Å². The van der Waals surface area contributed by atoms with Gasteiger partial charge < -0.3 is 14.0 Å². The summed E-state index contributed by atoms with van der Waals surface area (Å²) in [6.07, 6.45) is -0.683. The molecule has 2 heterocycles. The maximum Gasteiger partial charge on any atom is 0.417 e. The molecular formula is C23H28N3O6P. The van der Waals surface area contributed by atoms with E-state index in [9.17, 15) is 14.2 Å². The molecule has 2 aliphatic heterocycles. The zero-order valence-corrected chi connectivity index (χ0v) is 20.2. The maximum absolute atomic E-state index is 13.8. The predicted molar refractivity (Wildman–Crippen MR) is 124 cm³/mol. The van der Waals surface area contributed by atoms with Gasteiger partial charge in [-0.3, -0.25) is 5.32 Å². The van der Waals surface area contributed by atoms with Gasteiger partial charge in [0.1, 0.15) is 11.5 Å². The monoisotopic (exact) mass is 473 g/mol. The largest absolute Gasteiger partial charge is 0.465 e. The minimum absolute atomic E-state index is 0.162. The molecule has 2 aromatic rings. The Morgan fingerprint density at radius 2 is 1.36 bits per heavy atom. The van der Waals surface area contributed by atoms with Gasteiger partial charge in [0.25, 0.3) is 0 Å². The van der Waals surface area contributed by atoms with Gasteiger partial charge in [0.05, 0.1) is 12.7 Å². The predicted octanol–water partition coefficient (Wildman–Crippen LogP) is 4.76. The Bertz CT molecular complexity index is 1090. The van der Waals surface area contributed by atoms with E-state index in [0.29, 0.717) is 35.8 Å². The third-order valence-electron chi connectivity index (χ3n) is 5.69. The number of rotatable bonds is 7. The van der Waals surface area contributed by atoms with Crippen LogP contribution >= 0.6 is 7.67 Å². The van der Waals surface area contributed by atoms with Crippen molar-refractivity contribution in [2.75, 3.05) is 25.5 Å². The second kappa shape index (κ2) is 8.17. The molecule has 0 radical (unpaired) electrons. The van der Waals surface area contributed by atoms with Crippen LogP contribution in [0.3, 0.4) is 0 Å². The van der Waals surface area contributed by atoms with Crippen molar-refractivity contribution < 1.29 is 28.2 Å². The Morgan fingerprint density at radius 3 is 1.82 bits per heavy atom. The van der Waals surface area contributed by atoms with Crippen LogP contribution < -0.4 is 14.6 Å². The number of hydrogen-bond acceptors (Lipinski definition) is 6. The van der Waals surface area contributed by atoms with Gasteiger partial charge in [0.15, 0.2) is 0 Å². The van der Waals surface area contributed by atoms with E-state index < -0.39 is 19.7 Å². The molecule has 2 fully saturated rings. The maximum atomic E-state index is 13.8. The molecule has 0 saturated carbocycles. The quantitative estimate of drug-likeness (QED) is 0.349. The fraction of sp³-hybridized carbons (Fsp3) is 0.391. The second-order valence-corrected chi connectivity index (χ2v) is 11.5. The van der Waals surface area contributed by atoms with Crippen molar-refractivity contribution in [3.8, 4) is 11.5 Å². The van der Waals surface area contributed by atoms with Gasteiger partial charge in [-0.25, -0.2) is 23.5 Å². The van der Waals surface area contributed by atoms with Crippen LogP contribution in [-0.2, 0) is 9.30 Å². The van der Waals surface area contributed by atoms with Gasteiger partial charge in [0, 0.05) is 29.9 Å². The fourth-order valence-corrected chi connectivity index (χ4v) is 6.79. The molecule has 1 amide bonds. The molecule has 2 aliphatic rings. The molecule has 0 spiro atoms. The topological polar surface area (TPSA) is 97.0 Å². The summed E-state index contributed by atoms with van der Waals surface area (Å²) in [5.74, 6) is 0.287. The first-order valence-electron chi connectivity index (χ1n) is 10.6. The standard InChI is InChI=1S/C23H28N3O6P/c1-22(2)14-25(22)33(29,26-15-23(26,3)4)32-19-12-10-18(11-13-19)31-21(28)24-17-8-6-16(7-9-17)20(27)30-5/h6-13H,14-15H2,1-5H3,(H,24,28). The van der Waals surface area contributed by atoms with Crippen molar-refractivity contribution in [2.24, 2.45) is 0 Å². The fourth-order valence-electron chi connectivity index (χ4n) is 3.52. The van der Waals surface area contributed by atoms with Crippen LogP contribution in [0, 0.1) is 0 Å². The number of anilines is 1. The molecule has 10 heteroatoms. The third-order valence-corrected chi connectivity index (χ3v) is 8.72. The van der Waals surface area contributed by atoms with Crippen LogP contribution in [0.2, 0.25) is 0 Å². The normalized spacial score (nSPS) is 23.5. The molecule has 2 unspecified atom stereocenters. The SMILES string of the molecule is COC(=O)c1ccc(NC(=O)Oc2ccc(OP(=O)(N3CC3(C)C)N3CC3(C)C)cc2)cc1. The van der Waals surface area contributed by atoms with Gasteiger partial charge in [0.2, 0.25) is 0 Å². The molecule has 33 heavy (non-hydrogen) atoms. The van der Waals surface area contributed by atoms with Gasteiger partial charge in [-0.2, -0.15) is 0 Å². The molecule has 2 aromatic carbocycles. The van der Waals surface area contributed by atoms with E-state index in [1.165, 1.54) is 7.11 Å². The van der Waals surface area contributed by atoms with E-state index >= 15 is 0 Å². The zero-order chi connectivity index (χ0) is 24.0. The lowest BCUT2D eigenvalue weighted by Gasteiger charge is -2.25. The van der Waals surface area contributed by atoms with Crippen molar-refractivity contribution in [2.45, 2.75) is 38.8 Å². The molecular weight excluding hydrogens is 445 g/mol. The molecule has 9 nitrogen and oxygen atoms in total. The first kappa shape index (κ1) is 23.3. The number of nitrogens with zero attached hydrogens (tertiary/aromatic N) is 2. The van der Waals surface area contributed by atoms with Crippen molar-refractivity contribution >= 4 is 25.4 Å². The summed E-state index contributed by atoms with van der Waals surface area (Å²) in [5, 5.41) is 2.59. The summed E-state index contributed by atoms with van der Waals surface area (Å²) in [4.78, 5) is 23.7. The van der Waals surface area contributed by atoms with E-state index in [4.69, 9.17) is 9.26 Å². The number of methoxy groups -OCH3 is 1. The highest BCUT2D eigenvalue weighted by atomic mass is 31.2. The first-order chi connectivity index (χ1) is 15.4.